The van der Waals surface area contributed by atoms with Gasteiger partial charge in [-0.1, -0.05) is 66.8 Å². The van der Waals surface area contributed by atoms with Crippen molar-refractivity contribution in [3.05, 3.63) is 89.1 Å². The summed E-state index contributed by atoms with van der Waals surface area (Å²) >= 11 is 0. The quantitative estimate of drug-likeness (QED) is 0.714. The minimum atomic E-state index is 0.528. The predicted molar refractivity (Wildman–Crippen MR) is 85.3 cm³/mol. The molecule has 0 bridgehead atoms. The molecule has 3 aliphatic carbocycles. The first-order valence-electron chi connectivity index (χ1n) is 7.45. The zero-order chi connectivity index (χ0) is 13.4. The van der Waals surface area contributed by atoms with Gasteiger partial charge in [-0.15, -0.1) is 0 Å². The summed E-state index contributed by atoms with van der Waals surface area (Å²) in [6.07, 6.45) is 19.3. The van der Waals surface area contributed by atoms with Gasteiger partial charge in [0.05, 0.1) is 0 Å². The highest BCUT2D eigenvalue weighted by Crippen LogP contribution is 2.36. The van der Waals surface area contributed by atoms with Crippen LogP contribution >= 0.6 is 0 Å². The highest BCUT2D eigenvalue weighted by Gasteiger charge is 2.19. The summed E-state index contributed by atoms with van der Waals surface area (Å²) in [6.45, 7) is 0. The molecular formula is C20H18. The van der Waals surface area contributed by atoms with E-state index >= 15 is 0 Å². The zero-order valence-corrected chi connectivity index (χ0v) is 11.5. The molecular weight excluding hydrogens is 240 g/mol. The number of hydrogen-bond donors (Lipinski definition) is 0. The first-order valence-corrected chi connectivity index (χ1v) is 7.45. The van der Waals surface area contributed by atoms with Crippen molar-refractivity contribution < 1.29 is 0 Å². The van der Waals surface area contributed by atoms with Gasteiger partial charge in [-0.25, -0.2) is 0 Å². The van der Waals surface area contributed by atoms with E-state index < -0.39 is 0 Å². The number of rotatable bonds is 3. The molecule has 20 heavy (non-hydrogen) atoms. The zero-order valence-electron chi connectivity index (χ0n) is 11.5. The molecule has 1 aromatic rings. The second-order valence-electron chi connectivity index (χ2n) is 5.70. The molecule has 1 aromatic carbocycles. The molecule has 0 nitrogen and oxygen atoms in total. The molecule has 0 saturated heterocycles. The van der Waals surface area contributed by atoms with Crippen LogP contribution < -0.4 is 0 Å². The Morgan fingerprint density at radius 3 is 2.90 bits per heavy atom. The van der Waals surface area contributed by atoms with Crippen molar-refractivity contribution in [2.75, 3.05) is 0 Å². The van der Waals surface area contributed by atoms with Gasteiger partial charge in [-0.2, -0.15) is 0 Å². The van der Waals surface area contributed by atoms with Crippen LogP contribution in [-0.2, 0) is 6.42 Å². The monoisotopic (exact) mass is 258 g/mol. The van der Waals surface area contributed by atoms with Gasteiger partial charge in [-0.05, 0) is 47.1 Å². The van der Waals surface area contributed by atoms with Crippen molar-refractivity contribution in [3.8, 4) is 0 Å². The average Bonchev–Trinajstić information content (AvgIpc) is 3.09. The number of benzene rings is 1. The summed E-state index contributed by atoms with van der Waals surface area (Å²) in [5.41, 5.74) is 7.50. The Labute approximate surface area is 120 Å². The third kappa shape index (κ3) is 1.92. The van der Waals surface area contributed by atoms with Gasteiger partial charge in [0.1, 0.15) is 0 Å². The van der Waals surface area contributed by atoms with E-state index in [4.69, 9.17) is 0 Å². The van der Waals surface area contributed by atoms with Crippen LogP contribution in [-0.4, -0.2) is 0 Å². The third-order valence-corrected chi connectivity index (χ3v) is 4.54. The van der Waals surface area contributed by atoms with Crippen LogP contribution in [0.3, 0.4) is 0 Å². The fourth-order valence-corrected chi connectivity index (χ4v) is 3.45. The Kier molecular flexibility index (Phi) is 2.81. The summed E-state index contributed by atoms with van der Waals surface area (Å²) in [7, 11) is 0. The van der Waals surface area contributed by atoms with Crippen LogP contribution in [0.4, 0.5) is 0 Å². The van der Waals surface area contributed by atoms with E-state index in [1.807, 2.05) is 0 Å². The summed E-state index contributed by atoms with van der Waals surface area (Å²) in [6, 6.07) is 8.81. The molecule has 0 heterocycles. The fraction of sp³-hybridized carbons (Fsp3) is 0.200. The van der Waals surface area contributed by atoms with Gasteiger partial charge in [0, 0.05) is 5.92 Å². The fourth-order valence-electron chi connectivity index (χ4n) is 3.45. The smallest absolute Gasteiger partial charge is 0.0207 e. The molecule has 0 aliphatic heterocycles. The van der Waals surface area contributed by atoms with Crippen molar-refractivity contribution in [1.82, 2.24) is 0 Å². The molecule has 0 saturated carbocycles. The maximum atomic E-state index is 2.41. The van der Waals surface area contributed by atoms with E-state index in [-0.39, 0.29) is 0 Å². The van der Waals surface area contributed by atoms with Gasteiger partial charge < -0.3 is 0 Å². The summed E-state index contributed by atoms with van der Waals surface area (Å²) < 4.78 is 0. The molecule has 1 unspecified atom stereocenters. The lowest BCUT2D eigenvalue weighted by molar-refractivity contribution is 0.965. The summed E-state index contributed by atoms with van der Waals surface area (Å²) in [4.78, 5) is 0. The lowest BCUT2D eigenvalue weighted by Crippen LogP contribution is -1.96. The molecule has 0 radical (unpaired) electrons. The van der Waals surface area contributed by atoms with Crippen molar-refractivity contribution in [3.63, 3.8) is 0 Å². The van der Waals surface area contributed by atoms with Crippen LogP contribution in [0.15, 0.2) is 77.9 Å². The number of allylic oxidation sites excluding steroid dienone is 10. The van der Waals surface area contributed by atoms with Crippen molar-refractivity contribution in [2.24, 2.45) is 5.92 Å². The normalized spacial score (nSPS) is 22.2. The minimum absolute atomic E-state index is 0.528. The molecule has 4 rings (SSSR count). The Bertz CT molecular complexity index is 693. The second-order valence-corrected chi connectivity index (χ2v) is 5.70. The molecule has 98 valence electrons. The van der Waals surface area contributed by atoms with Gasteiger partial charge in [0.2, 0.25) is 0 Å². The third-order valence-electron chi connectivity index (χ3n) is 4.54. The van der Waals surface area contributed by atoms with E-state index in [0.29, 0.717) is 5.92 Å². The Morgan fingerprint density at radius 2 is 1.90 bits per heavy atom. The lowest BCUT2D eigenvalue weighted by Gasteiger charge is -2.12. The molecule has 0 spiro atoms. The summed E-state index contributed by atoms with van der Waals surface area (Å²) in [5.74, 6) is 0.528. The van der Waals surface area contributed by atoms with E-state index in [9.17, 15) is 0 Å². The van der Waals surface area contributed by atoms with Crippen LogP contribution in [0.2, 0.25) is 0 Å². The Balaban J connectivity index is 1.52. The molecule has 0 fully saturated rings. The average molecular weight is 258 g/mol. The maximum absolute atomic E-state index is 2.41. The molecule has 1 atom stereocenters. The molecule has 0 aromatic heterocycles. The van der Waals surface area contributed by atoms with Crippen LogP contribution in [0.5, 0.6) is 0 Å². The van der Waals surface area contributed by atoms with Crippen LogP contribution in [0.1, 0.15) is 24.0 Å². The summed E-state index contributed by atoms with van der Waals surface area (Å²) in [5, 5.41) is 0. The van der Waals surface area contributed by atoms with Crippen LogP contribution in [0, 0.1) is 5.92 Å². The topological polar surface area (TPSA) is 0 Å². The second kappa shape index (κ2) is 4.79. The standard InChI is InChI=1S/C20H18/c1-3-7-19-15(5-1)9-11-17(19)13-14-18-12-10-16-6-2-4-8-20(16)18/h1-9,11-12,15H,10,13-14H2. The largest absolute Gasteiger partial charge is 0.0763 e. The lowest BCUT2D eigenvalue weighted by atomic mass is 9.93. The first kappa shape index (κ1) is 11.7. The van der Waals surface area contributed by atoms with Crippen molar-refractivity contribution in [1.29, 1.82) is 0 Å². The highest BCUT2D eigenvalue weighted by atomic mass is 14.2. The number of fused-ring (bicyclic) bond motifs is 2. The SMILES string of the molecule is C1=CC2=C(CCC3=CCc4ccccc43)C=CC2C=C1. The van der Waals surface area contributed by atoms with E-state index in [1.54, 1.807) is 0 Å². The van der Waals surface area contributed by atoms with Crippen LogP contribution in [0.25, 0.3) is 5.57 Å². The van der Waals surface area contributed by atoms with Gasteiger partial charge in [-0.3, -0.25) is 0 Å². The molecule has 0 heteroatoms. The predicted octanol–water partition coefficient (Wildman–Crippen LogP) is 5.01. The molecule has 0 amide bonds. The minimum Gasteiger partial charge on any atom is -0.0763 e. The van der Waals surface area contributed by atoms with Gasteiger partial charge in [0.25, 0.3) is 0 Å². The Morgan fingerprint density at radius 1 is 0.950 bits per heavy atom. The van der Waals surface area contributed by atoms with Crippen molar-refractivity contribution in [2.45, 2.75) is 19.3 Å². The molecule has 0 N–H and O–H groups in total. The van der Waals surface area contributed by atoms with E-state index in [0.717, 1.165) is 19.3 Å². The highest BCUT2D eigenvalue weighted by molar-refractivity contribution is 5.73. The maximum Gasteiger partial charge on any atom is 0.0207 e. The van der Waals surface area contributed by atoms with Gasteiger partial charge >= 0.3 is 0 Å². The Hall–Kier alpha value is -2.08. The van der Waals surface area contributed by atoms with Gasteiger partial charge in [0.15, 0.2) is 0 Å². The van der Waals surface area contributed by atoms with E-state index in [2.05, 4.69) is 66.8 Å². The molecule has 3 aliphatic rings. The number of hydrogen-bond acceptors (Lipinski definition) is 0. The van der Waals surface area contributed by atoms with Crippen molar-refractivity contribution >= 4 is 5.57 Å². The first-order chi connectivity index (χ1) is 9.92. The van der Waals surface area contributed by atoms with E-state index in [1.165, 1.54) is 27.8 Å².